The summed E-state index contributed by atoms with van der Waals surface area (Å²) in [4.78, 5) is 17.1. The number of rotatable bonds is 3. The van der Waals surface area contributed by atoms with Crippen LogP contribution in [0.5, 0.6) is 0 Å². The largest absolute Gasteiger partial charge is 0.441 e. The quantitative estimate of drug-likeness (QED) is 0.561. The zero-order chi connectivity index (χ0) is 19.1. The van der Waals surface area contributed by atoms with Gasteiger partial charge < -0.3 is 14.3 Å². The lowest BCUT2D eigenvalue weighted by Gasteiger charge is -2.10. The molecule has 0 atom stereocenters. The molecular weight excluding hydrogens is 345 g/mol. The molecule has 2 heterocycles. The van der Waals surface area contributed by atoms with Crippen molar-refractivity contribution in [3.63, 3.8) is 0 Å². The fourth-order valence-corrected chi connectivity index (χ4v) is 3.30. The van der Waals surface area contributed by atoms with E-state index in [1.54, 1.807) is 37.3 Å². The van der Waals surface area contributed by atoms with Gasteiger partial charge in [0.2, 0.25) is 0 Å². The van der Waals surface area contributed by atoms with Crippen LogP contribution in [0.1, 0.15) is 27.6 Å². The van der Waals surface area contributed by atoms with Gasteiger partial charge in [-0.2, -0.15) is 0 Å². The fraction of sp³-hybridized carbons (Fsp3) is 0.143. The van der Waals surface area contributed by atoms with Crippen LogP contribution in [-0.4, -0.2) is 15.5 Å². The van der Waals surface area contributed by atoms with Crippen molar-refractivity contribution in [2.75, 3.05) is 5.32 Å². The zero-order valence-corrected chi connectivity index (χ0v) is 15.2. The lowest BCUT2D eigenvalue weighted by molar-refractivity contribution is 0.102. The van der Waals surface area contributed by atoms with Crippen molar-refractivity contribution < 1.29 is 13.6 Å². The summed E-state index contributed by atoms with van der Waals surface area (Å²) < 4.78 is 20.6. The molecule has 5 nitrogen and oxygen atoms in total. The molecule has 0 unspecified atom stereocenters. The van der Waals surface area contributed by atoms with Crippen LogP contribution in [0.3, 0.4) is 0 Å². The van der Waals surface area contributed by atoms with Crippen LogP contribution in [-0.2, 0) is 0 Å². The highest BCUT2D eigenvalue weighted by molar-refractivity contribution is 6.06. The van der Waals surface area contributed by atoms with E-state index < -0.39 is 0 Å². The minimum Gasteiger partial charge on any atom is -0.441 e. The number of nitrogens with one attached hydrogen (secondary N) is 1. The Hall–Kier alpha value is -3.41. The van der Waals surface area contributed by atoms with Crippen LogP contribution in [0.2, 0.25) is 0 Å². The second kappa shape index (κ2) is 6.39. The number of hydrogen-bond acceptors (Lipinski definition) is 3. The van der Waals surface area contributed by atoms with Crippen LogP contribution < -0.4 is 5.32 Å². The topological polar surface area (TPSA) is 60.1 Å². The number of nitrogens with zero attached hydrogens (tertiary/aromatic N) is 2. The van der Waals surface area contributed by atoms with Crippen molar-refractivity contribution in [3.05, 3.63) is 77.2 Å². The first kappa shape index (κ1) is 17.0. The lowest BCUT2D eigenvalue weighted by atomic mass is 10.2. The van der Waals surface area contributed by atoms with Gasteiger partial charge in [-0.3, -0.25) is 4.79 Å². The Kier molecular flexibility index (Phi) is 4.03. The molecule has 4 aromatic rings. The molecule has 2 aromatic heterocycles. The van der Waals surface area contributed by atoms with Crippen LogP contribution in [0.4, 0.5) is 10.1 Å². The molecule has 27 heavy (non-hydrogen) atoms. The average molecular weight is 363 g/mol. The molecule has 0 bridgehead atoms. The summed E-state index contributed by atoms with van der Waals surface area (Å²) in [5.74, 6) is 0.0741. The molecule has 0 saturated carbocycles. The SMILES string of the molecule is Cc1nc2cc(NC(=O)c3cc(C)n(-c4ccc(F)cc4)c3C)ccc2o1. The molecule has 1 N–H and O–H groups in total. The maximum absolute atomic E-state index is 13.2. The second-order valence-corrected chi connectivity index (χ2v) is 6.47. The molecule has 2 aromatic carbocycles. The Bertz CT molecular complexity index is 1160. The van der Waals surface area contributed by atoms with Gasteiger partial charge in [0.15, 0.2) is 11.5 Å². The summed E-state index contributed by atoms with van der Waals surface area (Å²) in [5, 5.41) is 2.91. The fourth-order valence-electron chi connectivity index (χ4n) is 3.30. The average Bonchev–Trinajstić information content (AvgIpc) is 3.14. The zero-order valence-electron chi connectivity index (χ0n) is 15.2. The molecule has 0 radical (unpaired) electrons. The van der Waals surface area contributed by atoms with E-state index in [1.165, 1.54) is 12.1 Å². The number of oxazole rings is 1. The number of anilines is 1. The molecule has 6 heteroatoms. The van der Waals surface area contributed by atoms with E-state index in [1.807, 2.05) is 24.5 Å². The molecule has 0 spiro atoms. The highest BCUT2D eigenvalue weighted by Gasteiger charge is 2.17. The summed E-state index contributed by atoms with van der Waals surface area (Å²) in [7, 11) is 0. The number of benzene rings is 2. The maximum Gasteiger partial charge on any atom is 0.257 e. The standard InChI is InChI=1S/C21H18FN3O2/c1-12-10-18(13(2)25(12)17-7-4-15(22)5-8-17)21(26)24-16-6-9-20-19(11-16)23-14(3)27-20/h4-11H,1-3H3,(H,24,26). The van der Waals surface area contributed by atoms with Crippen molar-refractivity contribution in [2.24, 2.45) is 0 Å². The number of aryl methyl sites for hydroxylation is 2. The highest BCUT2D eigenvalue weighted by atomic mass is 19.1. The van der Waals surface area contributed by atoms with Gasteiger partial charge in [-0.1, -0.05) is 0 Å². The molecule has 4 rings (SSSR count). The molecular formula is C21H18FN3O2. The second-order valence-electron chi connectivity index (χ2n) is 6.47. The van der Waals surface area contributed by atoms with Crippen molar-refractivity contribution in [1.82, 2.24) is 9.55 Å². The van der Waals surface area contributed by atoms with Gasteiger partial charge in [-0.05, 0) is 62.4 Å². The third-order valence-electron chi connectivity index (χ3n) is 4.51. The molecule has 0 fully saturated rings. The van der Waals surface area contributed by atoms with Crippen LogP contribution >= 0.6 is 0 Å². The Morgan fingerprint density at radius 3 is 2.56 bits per heavy atom. The number of carbonyl (C=O) groups excluding carboxylic acids is 1. The van der Waals surface area contributed by atoms with Crippen LogP contribution in [0.15, 0.2) is 52.9 Å². The van der Waals surface area contributed by atoms with Crippen LogP contribution in [0.25, 0.3) is 16.8 Å². The number of halogens is 1. The van der Waals surface area contributed by atoms with Gasteiger partial charge in [-0.25, -0.2) is 9.37 Å². The smallest absolute Gasteiger partial charge is 0.257 e. The third-order valence-corrected chi connectivity index (χ3v) is 4.51. The van der Waals surface area contributed by atoms with Gasteiger partial charge in [0, 0.05) is 29.7 Å². The van der Waals surface area contributed by atoms with Gasteiger partial charge >= 0.3 is 0 Å². The molecule has 0 saturated heterocycles. The first-order chi connectivity index (χ1) is 12.9. The number of amides is 1. The minimum absolute atomic E-state index is 0.212. The van der Waals surface area contributed by atoms with Gasteiger partial charge in [0.05, 0.1) is 5.56 Å². The Balaban J connectivity index is 1.65. The van der Waals surface area contributed by atoms with Crippen molar-refractivity contribution in [2.45, 2.75) is 20.8 Å². The summed E-state index contributed by atoms with van der Waals surface area (Å²) in [5.41, 5.74) is 5.08. The first-order valence-electron chi connectivity index (χ1n) is 8.56. The van der Waals surface area contributed by atoms with Crippen molar-refractivity contribution in [1.29, 1.82) is 0 Å². The van der Waals surface area contributed by atoms with E-state index in [4.69, 9.17) is 4.42 Å². The Morgan fingerprint density at radius 1 is 1.07 bits per heavy atom. The molecule has 0 aliphatic carbocycles. The van der Waals surface area contributed by atoms with E-state index in [0.29, 0.717) is 28.2 Å². The number of aromatic nitrogens is 2. The lowest BCUT2D eigenvalue weighted by Crippen LogP contribution is -2.13. The molecule has 0 aliphatic rings. The molecule has 136 valence electrons. The predicted octanol–water partition coefficient (Wildman–Crippen LogP) is 4.94. The number of fused-ring (bicyclic) bond motifs is 1. The maximum atomic E-state index is 13.2. The Labute approximate surface area is 155 Å². The Morgan fingerprint density at radius 2 is 1.81 bits per heavy atom. The summed E-state index contributed by atoms with van der Waals surface area (Å²) >= 11 is 0. The highest BCUT2D eigenvalue weighted by Crippen LogP contribution is 2.24. The van der Waals surface area contributed by atoms with Crippen LogP contribution in [0, 0.1) is 26.6 Å². The van der Waals surface area contributed by atoms with E-state index in [2.05, 4.69) is 10.3 Å². The summed E-state index contributed by atoms with van der Waals surface area (Å²) in [6.45, 7) is 5.56. The normalized spacial score (nSPS) is 11.1. The van der Waals surface area contributed by atoms with Crippen molar-refractivity contribution >= 4 is 22.7 Å². The van der Waals surface area contributed by atoms with Crippen molar-refractivity contribution in [3.8, 4) is 5.69 Å². The number of carbonyl (C=O) groups is 1. The number of hydrogen-bond donors (Lipinski definition) is 1. The monoisotopic (exact) mass is 363 g/mol. The van der Waals surface area contributed by atoms with Gasteiger partial charge in [-0.15, -0.1) is 0 Å². The first-order valence-corrected chi connectivity index (χ1v) is 8.56. The van der Waals surface area contributed by atoms with E-state index in [0.717, 1.165) is 17.1 Å². The molecule has 0 aliphatic heterocycles. The predicted molar refractivity (Wildman–Crippen MR) is 102 cm³/mol. The third kappa shape index (κ3) is 3.10. The van der Waals surface area contributed by atoms with Gasteiger partial charge in [0.25, 0.3) is 5.91 Å². The van der Waals surface area contributed by atoms with E-state index >= 15 is 0 Å². The molecule has 1 amide bonds. The van der Waals surface area contributed by atoms with Gasteiger partial charge in [0.1, 0.15) is 11.3 Å². The summed E-state index contributed by atoms with van der Waals surface area (Å²) in [6.07, 6.45) is 0. The van der Waals surface area contributed by atoms with E-state index in [9.17, 15) is 9.18 Å². The van der Waals surface area contributed by atoms with E-state index in [-0.39, 0.29) is 11.7 Å². The summed E-state index contributed by atoms with van der Waals surface area (Å²) in [6, 6.07) is 13.4. The minimum atomic E-state index is -0.294.